The van der Waals surface area contributed by atoms with Gasteiger partial charge in [0.25, 0.3) is 5.72 Å². The number of nitrogens with zero attached hydrogens (tertiary/aromatic N) is 2. The van der Waals surface area contributed by atoms with Gasteiger partial charge < -0.3 is 5.11 Å². The fourth-order valence-electron chi connectivity index (χ4n) is 3.12. The number of fused-ring (bicyclic) bond motifs is 1. The molecule has 7 heteroatoms. The van der Waals surface area contributed by atoms with Crippen molar-refractivity contribution >= 4 is 11.6 Å². The Morgan fingerprint density at radius 1 is 1.25 bits per heavy atom. The van der Waals surface area contributed by atoms with Crippen molar-refractivity contribution in [1.29, 1.82) is 0 Å². The van der Waals surface area contributed by atoms with E-state index in [0.717, 1.165) is 12.8 Å². The first-order chi connectivity index (χ1) is 9.35. The van der Waals surface area contributed by atoms with Crippen molar-refractivity contribution in [2.45, 2.75) is 56.8 Å². The molecule has 2 atom stereocenters. The molecule has 0 aromatic rings. The van der Waals surface area contributed by atoms with E-state index in [-0.39, 0.29) is 6.42 Å². The molecule has 0 aromatic carbocycles. The van der Waals surface area contributed by atoms with E-state index < -0.39 is 29.6 Å². The Balaban J connectivity index is 1.99. The van der Waals surface area contributed by atoms with Crippen LogP contribution in [0.3, 0.4) is 0 Å². The summed E-state index contributed by atoms with van der Waals surface area (Å²) >= 11 is 0. The molecule has 0 unspecified atom stereocenters. The Morgan fingerprint density at radius 2 is 1.95 bits per heavy atom. The molecule has 20 heavy (non-hydrogen) atoms. The van der Waals surface area contributed by atoms with Crippen LogP contribution in [0.25, 0.3) is 0 Å². The lowest BCUT2D eigenvalue weighted by Gasteiger charge is -2.37. The second kappa shape index (κ2) is 4.44. The zero-order chi connectivity index (χ0) is 14.5. The van der Waals surface area contributed by atoms with Gasteiger partial charge in [-0.2, -0.15) is 23.3 Å². The van der Waals surface area contributed by atoms with Crippen molar-refractivity contribution in [2.24, 2.45) is 16.9 Å². The summed E-state index contributed by atoms with van der Waals surface area (Å²) < 4.78 is 40.3. The normalized spacial score (nSPS) is 34.5. The molecule has 0 aromatic heterocycles. The van der Waals surface area contributed by atoms with E-state index in [1.54, 1.807) is 0 Å². The maximum absolute atomic E-state index is 13.4. The van der Waals surface area contributed by atoms with Gasteiger partial charge in [-0.15, -0.1) is 0 Å². The zero-order valence-electron chi connectivity index (χ0n) is 11.0. The third-order valence-corrected chi connectivity index (χ3v) is 4.42. The lowest BCUT2D eigenvalue weighted by molar-refractivity contribution is -0.317. The highest BCUT2D eigenvalue weighted by molar-refractivity contribution is 5.93. The Kier molecular flexibility index (Phi) is 3.08. The Hall–Kier alpha value is -1.11. The van der Waals surface area contributed by atoms with Gasteiger partial charge in [-0.3, -0.25) is 4.79 Å². The van der Waals surface area contributed by atoms with Crippen LogP contribution in [0.1, 0.15) is 44.9 Å². The fraction of sp³-hybridized carbons (Fsp3) is 0.846. The molecule has 2 saturated carbocycles. The lowest BCUT2D eigenvalue weighted by atomic mass is 9.87. The minimum Gasteiger partial charge on any atom is -0.362 e. The molecule has 1 heterocycles. The van der Waals surface area contributed by atoms with Gasteiger partial charge in [0.2, 0.25) is 5.91 Å². The predicted octanol–water partition coefficient (Wildman–Crippen LogP) is 2.43. The zero-order valence-corrected chi connectivity index (χ0v) is 11.0. The third-order valence-electron chi connectivity index (χ3n) is 4.42. The number of halogens is 3. The number of carbonyl (C=O) groups excluding carboxylic acids is 1. The number of carbonyl (C=O) groups is 1. The molecule has 2 fully saturated rings. The SMILES string of the molecule is O=C(C1CC1)N1N=C2CCCCC[C@H]2[C@@]1(O)C(F)(F)F. The van der Waals surface area contributed by atoms with Gasteiger partial charge in [0.15, 0.2) is 0 Å². The van der Waals surface area contributed by atoms with Gasteiger partial charge >= 0.3 is 6.18 Å². The van der Waals surface area contributed by atoms with Crippen molar-refractivity contribution in [1.82, 2.24) is 5.01 Å². The summed E-state index contributed by atoms with van der Waals surface area (Å²) in [5, 5.41) is 14.5. The van der Waals surface area contributed by atoms with Gasteiger partial charge in [0.05, 0.1) is 5.92 Å². The summed E-state index contributed by atoms with van der Waals surface area (Å²) in [5.41, 5.74) is -2.82. The Morgan fingerprint density at radius 3 is 2.55 bits per heavy atom. The minimum atomic E-state index is -4.89. The molecule has 1 aliphatic heterocycles. The van der Waals surface area contributed by atoms with Gasteiger partial charge in [-0.05, 0) is 32.1 Å². The van der Waals surface area contributed by atoms with Crippen LogP contribution in [0.5, 0.6) is 0 Å². The molecule has 3 aliphatic rings. The molecule has 1 N–H and O–H groups in total. The molecular weight excluding hydrogens is 273 g/mol. The van der Waals surface area contributed by atoms with E-state index in [2.05, 4.69) is 5.10 Å². The van der Waals surface area contributed by atoms with Crippen LogP contribution >= 0.6 is 0 Å². The third kappa shape index (κ3) is 1.94. The number of aliphatic hydroxyl groups is 1. The van der Waals surface area contributed by atoms with E-state index in [9.17, 15) is 23.1 Å². The number of hydrazone groups is 1. The van der Waals surface area contributed by atoms with Crippen LogP contribution in [0.2, 0.25) is 0 Å². The van der Waals surface area contributed by atoms with Gasteiger partial charge in [0, 0.05) is 11.6 Å². The molecular formula is C13H17F3N2O2. The van der Waals surface area contributed by atoms with Crippen LogP contribution in [0.4, 0.5) is 13.2 Å². The number of amides is 1. The topological polar surface area (TPSA) is 52.9 Å². The maximum Gasteiger partial charge on any atom is 0.439 e. The van der Waals surface area contributed by atoms with Crippen molar-refractivity contribution in [3.63, 3.8) is 0 Å². The molecule has 3 rings (SSSR count). The second-order valence-electron chi connectivity index (χ2n) is 5.89. The molecule has 112 valence electrons. The Bertz CT molecular complexity index is 459. The second-order valence-corrected chi connectivity index (χ2v) is 5.89. The van der Waals surface area contributed by atoms with Gasteiger partial charge in [0.1, 0.15) is 0 Å². The van der Waals surface area contributed by atoms with E-state index in [0.29, 0.717) is 36.4 Å². The fourth-order valence-corrected chi connectivity index (χ4v) is 3.12. The standard InChI is InChI=1S/C13H17F3N2O2/c14-13(15,16)12(20)9-4-2-1-3-5-10(9)17-18(12)11(19)8-6-7-8/h8-9,20H,1-7H2/t9-,12-/m1/s1. The highest BCUT2D eigenvalue weighted by Gasteiger charge is 2.68. The van der Waals surface area contributed by atoms with Gasteiger partial charge in [-0.1, -0.05) is 12.8 Å². The van der Waals surface area contributed by atoms with Crippen LogP contribution in [0, 0.1) is 11.8 Å². The molecule has 1 amide bonds. The first-order valence-electron chi connectivity index (χ1n) is 7.06. The highest BCUT2D eigenvalue weighted by Crippen LogP contribution is 2.49. The quantitative estimate of drug-likeness (QED) is 0.806. The average Bonchev–Trinajstić information content (AvgIpc) is 3.17. The Labute approximate surface area is 114 Å². The number of rotatable bonds is 1. The van der Waals surface area contributed by atoms with Crippen LogP contribution in [-0.2, 0) is 4.79 Å². The van der Waals surface area contributed by atoms with Crippen LogP contribution in [0.15, 0.2) is 5.10 Å². The average molecular weight is 290 g/mol. The number of hydrogen-bond donors (Lipinski definition) is 1. The molecule has 4 nitrogen and oxygen atoms in total. The number of hydrogen-bond acceptors (Lipinski definition) is 3. The van der Waals surface area contributed by atoms with Crippen molar-refractivity contribution in [3.8, 4) is 0 Å². The lowest BCUT2D eigenvalue weighted by Crippen LogP contribution is -2.61. The number of alkyl halides is 3. The maximum atomic E-state index is 13.4. The summed E-state index contributed by atoms with van der Waals surface area (Å²) in [6.07, 6.45) is -0.863. The van der Waals surface area contributed by atoms with Crippen molar-refractivity contribution in [3.05, 3.63) is 0 Å². The summed E-state index contributed by atoms with van der Waals surface area (Å²) in [6, 6.07) is 0. The summed E-state index contributed by atoms with van der Waals surface area (Å²) in [4.78, 5) is 12.1. The van der Waals surface area contributed by atoms with E-state index in [1.165, 1.54) is 0 Å². The first-order valence-corrected chi connectivity index (χ1v) is 7.06. The molecule has 0 spiro atoms. The van der Waals surface area contributed by atoms with E-state index >= 15 is 0 Å². The minimum absolute atomic E-state index is 0.225. The monoisotopic (exact) mass is 290 g/mol. The summed E-state index contributed by atoms with van der Waals surface area (Å²) in [5.74, 6) is -2.20. The van der Waals surface area contributed by atoms with Crippen molar-refractivity contribution < 1.29 is 23.1 Å². The molecule has 0 bridgehead atoms. The van der Waals surface area contributed by atoms with Gasteiger partial charge in [-0.25, -0.2) is 0 Å². The van der Waals surface area contributed by atoms with Crippen LogP contribution < -0.4 is 0 Å². The first kappa shape index (κ1) is 13.9. The van der Waals surface area contributed by atoms with Crippen molar-refractivity contribution in [2.75, 3.05) is 0 Å². The molecule has 0 saturated heterocycles. The summed E-state index contributed by atoms with van der Waals surface area (Å²) in [6.45, 7) is 0. The van der Waals surface area contributed by atoms with E-state index in [4.69, 9.17) is 0 Å². The largest absolute Gasteiger partial charge is 0.439 e. The molecule has 0 radical (unpaired) electrons. The smallest absolute Gasteiger partial charge is 0.362 e. The summed E-state index contributed by atoms with van der Waals surface area (Å²) in [7, 11) is 0. The van der Waals surface area contributed by atoms with Crippen LogP contribution in [-0.4, -0.2) is 33.6 Å². The highest BCUT2D eigenvalue weighted by atomic mass is 19.4. The molecule has 2 aliphatic carbocycles. The predicted molar refractivity (Wildman–Crippen MR) is 64.6 cm³/mol. The van der Waals surface area contributed by atoms with E-state index in [1.807, 2.05) is 0 Å².